The summed E-state index contributed by atoms with van der Waals surface area (Å²) in [4.78, 5) is 39.5. The quantitative estimate of drug-likeness (QED) is 0.602. The molecule has 5 nitrogen and oxygen atoms in total. The molecule has 140 valence electrons. The lowest BCUT2D eigenvalue weighted by Gasteiger charge is -2.31. The topological polar surface area (TPSA) is 63.7 Å². The number of ketones is 2. The van der Waals surface area contributed by atoms with E-state index in [1.165, 1.54) is 4.90 Å². The van der Waals surface area contributed by atoms with Gasteiger partial charge in [0.2, 0.25) is 5.78 Å². The van der Waals surface area contributed by atoms with Crippen LogP contribution in [-0.2, 0) is 4.79 Å². The number of ether oxygens (including phenoxy) is 1. The number of likely N-dealkylation sites (tertiary alicyclic amines) is 1. The fourth-order valence-corrected chi connectivity index (χ4v) is 3.49. The van der Waals surface area contributed by atoms with E-state index in [0.717, 1.165) is 5.56 Å². The van der Waals surface area contributed by atoms with Crippen LogP contribution in [0.2, 0.25) is 0 Å². The third kappa shape index (κ3) is 4.08. The number of hydrogen-bond donors (Lipinski definition) is 0. The van der Waals surface area contributed by atoms with Gasteiger partial charge in [0.1, 0.15) is 5.75 Å². The number of carbonyl (C=O) groups excluding carboxylic acids is 3. The van der Waals surface area contributed by atoms with Crippen LogP contribution in [0.1, 0.15) is 39.1 Å². The van der Waals surface area contributed by atoms with Crippen molar-refractivity contribution in [3.8, 4) is 5.75 Å². The van der Waals surface area contributed by atoms with E-state index in [0.29, 0.717) is 36.3 Å². The molecular formula is C22H23NO4. The summed E-state index contributed by atoms with van der Waals surface area (Å²) in [6, 6.07) is 13.9. The molecule has 0 aromatic heterocycles. The molecule has 2 aromatic carbocycles. The molecule has 0 aliphatic carbocycles. The van der Waals surface area contributed by atoms with Gasteiger partial charge in [-0.3, -0.25) is 14.4 Å². The number of carbonyl (C=O) groups is 3. The van der Waals surface area contributed by atoms with Gasteiger partial charge in [0.15, 0.2) is 5.78 Å². The molecule has 3 rings (SSSR count). The predicted octanol–water partition coefficient (Wildman–Crippen LogP) is 3.31. The summed E-state index contributed by atoms with van der Waals surface area (Å²) in [6.07, 6.45) is 1.42. The average Bonchev–Trinajstić information content (AvgIpc) is 2.72. The van der Waals surface area contributed by atoms with Crippen molar-refractivity contribution < 1.29 is 19.1 Å². The van der Waals surface area contributed by atoms with Crippen molar-refractivity contribution in [2.75, 3.05) is 20.2 Å². The van der Waals surface area contributed by atoms with E-state index in [-0.39, 0.29) is 18.2 Å². The lowest BCUT2D eigenvalue weighted by Crippen LogP contribution is -2.45. The van der Waals surface area contributed by atoms with Crippen LogP contribution in [0.15, 0.2) is 48.5 Å². The summed E-state index contributed by atoms with van der Waals surface area (Å²) in [5.41, 5.74) is 1.87. The zero-order valence-electron chi connectivity index (χ0n) is 15.6. The van der Waals surface area contributed by atoms with Crippen molar-refractivity contribution in [2.45, 2.75) is 19.8 Å². The molecule has 1 aliphatic rings. The van der Waals surface area contributed by atoms with Gasteiger partial charge in [-0.05, 0) is 43.5 Å². The summed E-state index contributed by atoms with van der Waals surface area (Å²) in [5.74, 6) is -0.634. The van der Waals surface area contributed by atoms with Crippen molar-refractivity contribution in [3.05, 3.63) is 65.2 Å². The second kappa shape index (κ2) is 8.16. The molecule has 1 atom stereocenters. The zero-order valence-corrected chi connectivity index (χ0v) is 15.6. The Bertz CT molecular complexity index is 860. The first-order valence-electron chi connectivity index (χ1n) is 9.08. The van der Waals surface area contributed by atoms with Crippen LogP contribution in [0.25, 0.3) is 0 Å². The van der Waals surface area contributed by atoms with E-state index in [2.05, 4.69) is 0 Å². The normalized spacial score (nSPS) is 16.7. The molecule has 0 N–H and O–H groups in total. The second-order valence-corrected chi connectivity index (χ2v) is 6.83. The number of benzene rings is 2. The molecule has 1 saturated heterocycles. The number of hydrogen-bond acceptors (Lipinski definition) is 4. The summed E-state index contributed by atoms with van der Waals surface area (Å²) in [6.45, 7) is 2.66. The van der Waals surface area contributed by atoms with Crippen LogP contribution in [0.3, 0.4) is 0 Å². The summed E-state index contributed by atoms with van der Waals surface area (Å²) in [5, 5.41) is 0. The molecule has 1 amide bonds. The van der Waals surface area contributed by atoms with E-state index >= 15 is 0 Å². The van der Waals surface area contributed by atoms with Gasteiger partial charge in [-0.1, -0.05) is 30.3 Å². The van der Waals surface area contributed by atoms with Gasteiger partial charge in [-0.2, -0.15) is 0 Å². The van der Waals surface area contributed by atoms with Gasteiger partial charge in [0.25, 0.3) is 5.91 Å². The van der Waals surface area contributed by atoms with Crippen molar-refractivity contribution >= 4 is 17.5 Å². The molecule has 0 radical (unpaired) electrons. The number of nitrogens with zero attached hydrogens (tertiary/aromatic N) is 1. The monoisotopic (exact) mass is 365 g/mol. The average molecular weight is 365 g/mol. The maximum atomic E-state index is 13.0. The molecule has 1 aliphatic heterocycles. The van der Waals surface area contributed by atoms with Crippen LogP contribution in [0.5, 0.6) is 5.75 Å². The van der Waals surface area contributed by atoms with Crippen LogP contribution in [0, 0.1) is 12.8 Å². The number of amides is 1. The maximum Gasteiger partial charge on any atom is 0.294 e. The number of methoxy groups -OCH3 is 1. The van der Waals surface area contributed by atoms with Gasteiger partial charge in [-0.15, -0.1) is 0 Å². The molecule has 1 unspecified atom stereocenters. The Morgan fingerprint density at radius 2 is 1.81 bits per heavy atom. The van der Waals surface area contributed by atoms with Crippen molar-refractivity contribution in [1.29, 1.82) is 0 Å². The Morgan fingerprint density at radius 3 is 2.48 bits per heavy atom. The van der Waals surface area contributed by atoms with Crippen molar-refractivity contribution in [3.63, 3.8) is 0 Å². The van der Waals surface area contributed by atoms with Crippen LogP contribution in [0.4, 0.5) is 0 Å². The lowest BCUT2D eigenvalue weighted by molar-refractivity contribution is -0.127. The number of piperidine rings is 1. The molecular weight excluding hydrogens is 342 g/mol. The molecule has 0 spiro atoms. The first-order chi connectivity index (χ1) is 13.0. The Labute approximate surface area is 158 Å². The van der Waals surface area contributed by atoms with Gasteiger partial charge in [0.05, 0.1) is 7.11 Å². The van der Waals surface area contributed by atoms with Crippen LogP contribution < -0.4 is 4.74 Å². The van der Waals surface area contributed by atoms with E-state index in [4.69, 9.17) is 4.74 Å². The predicted molar refractivity (Wildman–Crippen MR) is 102 cm³/mol. The molecule has 1 fully saturated rings. The first kappa shape index (κ1) is 18.8. The fraction of sp³-hybridized carbons (Fsp3) is 0.318. The van der Waals surface area contributed by atoms with Gasteiger partial charge >= 0.3 is 0 Å². The lowest BCUT2D eigenvalue weighted by atomic mass is 9.88. The maximum absolute atomic E-state index is 13.0. The van der Waals surface area contributed by atoms with E-state index in [1.807, 2.05) is 13.0 Å². The Kier molecular flexibility index (Phi) is 5.69. The van der Waals surface area contributed by atoms with Crippen molar-refractivity contribution in [1.82, 2.24) is 4.90 Å². The van der Waals surface area contributed by atoms with E-state index < -0.39 is 11.7 Å². The first-order valence-corrected chi connectivity index (χ1v) is 9.08. The summed E-state index contributed by atoms with van der Waals surface area (Å²) >= 11 is 0. The highest BCUT2D eigenvalue weighted by Crippen LogP contribution is 2.25. The third-order valence-electron chi connectivity index (χ3n) is 5.01. The molecule has 0 saturated carbocycles. The molecule has 2 aromatic rings. The second-order valence-electron chi connectivity index (χ2n) is 6.83. The Hall–Kier alpha value is -2.95. The highest BCUT2D eigenvalue weighted by Gasteiger charge is 2.32. The molecule has 27 heavy (non-hydrogen) atoms. The van der Waals surface area contributed by atoms with Crippen LogP contribution in [-0.4, -0.2) is 42.6 Å². The van der Waals surface area contributed by atoms with Gasteiger partial charge in [-0.25, -0.2) is 0 Å². The largest absolute Gasteiger partial charge is 0.497 e. The number of aryl methyl sites for hydroxylation is 1. The standard InChI is InChI=1S/C22H23NO4/c1-15-13-18(27-2)10-11-19(15)20(24)17-9-6-12-23(14-17)22(26)21(25)16-7-4-3-5-8-16/h3-5,7-8,10-11,13,17H,6,9,12,14H2,1-2H3. The number of Topliss-reactive ketones (excluding diaryl/α,β-unsaturated/α-hetero) is 2. The summed E-state index contributed by atoms with van der Waals surface area (Å²) < 4.78 is 5.19. The third-order valence-corrected chi connectivity index (χ3v) is 5.01. The van der Waals surface area contributed by atoms with E-state index in [1.54, 1.807) is 49.6 Å². The highest BCUT2D eigenvalue weighted by molar-refractivity contribution is 6.42. The SMILES string of the molecule is COc1ccc(C(=O)C2CCCN(C(=O)C(=O)c3ccccc3)C2)c(C)c1. The van der Waals surface area contributed by atoms with Gasteiger partial charge < -0.3 is 9.64 Å². The minimum absolute atomic E-state index is 0.0137. The zero-order chi connectivity index (χ0) is 19.4. The summed E-state index contributed by atoms with van der Waals surface area (Å²) in [7, 11) is 1.59. The molecule has 5 heteroatoms. The van der Waals surface area contributed by atoms with Crippen LogP contribution >= 0.6 is 0 Å². The Balaban J connectivity index is 1.73. The van der Waals surface area contributed by atoms with Gasteiger partial charge in [0, 0.05) is 30.1 Å². The number of rotatable bonds is 5. The van der Waals surface area contributed by atoms with Crippen molar-refractivity contribution in [2.24, 2.45) is 5.92 Å². The van der Waals surface area contributed by atoms with E-state index in [9.17, 15) is 14.4 Å². The molecule has 1 heterocycles. The molecule has 0 bridgehead atoms. The Morgan fingerprint density at radius 1 is 1.07 bits per heavy atom. The minimum Gasteiger partial charge on any atom is -0.497 e. The highest BCUT2D eigenvalue weighted by atomic mass is 16.5. The smallest absolute Gasteiger partial charge is 0.294 e. The fourth-order valence-electron chi connectivity index (χ4n) is 3.49. The minimum atomic E-state index is -0.537.